The van der Waals surface area contributed by atoms with Crippen molar-refractivity contribution in [3.05, 3.63) is 17.5 Å². The van der Waals surface area contributed by atoms with Crippen LogP contribution in [0.2, 0.25) is 0 Å². The number of nitrogens with zero attached hydrogens (tertiary/aromatic N) is 2. The van der Waals surface area contributed by atoms with Gasteiger partial charge in [0.1, 0.15) is 0 Å². The van der Waals surface area contributed by atoms with Crippen LogP contribution < -0.4 is 5.73 Å². The summed E-state index contributed by atoms with van der Waals surface area (Å²) in [5, 5.41) is 4.51. The number of hydrogen-bond donors (Lipinski definition) is 1. The van der Waals surface area contributed by atoms with E-state index in [-0.39, 0.29) is 6.04 Å². The average Bonchev–Trinajstić information content (AvgIpc) is 2.70. The zero-order chi connectivity index (χ0) is 14.0. The molecule has 3 nitrogen and oxygen atoms in total. The smallest absolute Gasteiger partial charge is 0.0624 e. The van der Waals surface area contributed by atoms with Gasteiger partial charge in [-0.3, -0.25) is 4.68 Å². The van der Waals surface area contributed by atoms with E-state index in [1.807, 2.05) is 11.7 Å². The molecule has 0 amide bonds. The summed E-state index contributed by atoms with van der Waals surface area (Å²) in [6.45, 7) is 6.90. The van der Waals surface area contributed by atoms with Crippen molar-refractivity contribution in [2.45, 2.75) is 65.3 Å². The molecule has 0 radical (unpaired) electrons. The van der Waals surface area contributed by atoms with Gasteiger partial charge in [-0.05, 0) is 49.5 Å². The first kappa shape index (κ1) is 14.6. The van der Waals surface area contributed by atoms with Gasteiger partial charge in [0.15, 0.2) is 0 Å². The minimum atomic E-state index is 0.288. The van der Waals surface area contributed by atoms with Gasteiger partial charge in [-0.15, -0.1) is 0 Å². The highest BCUT2D eigenvalue weighted by molar-refractivity contribution is 5.11. The Balaban J connectivity index is 1.94. The number of aryl methyl sites for hydroxylation is 2. The van der Waals surface area contributed by atoms with Crippen LogP contribution in [0.15, 0.2) is 6.07 Å². The molecule has 2 N–H and O–H groups in total. The number of aromatic nitrogens is 2. The zero-order valence-corrected chi connectivity index (χ0v) is 12.9. The fourth-order valence-corrected chi connectivity index (χ4v) is 3.19. The second kappa shape index (κ2) is 5.66. The van der Waals surface area contributed by atoms with Gasteiger partial charge >= 0.3 is 0 Å². The fourth-order valence-electron chi connectivity index (χ4n) is 3.19. The van der Waals surface area contributed by atoms with E-state index in [0.29, 0.717) is 11.3 Å². The SMILES string of the molecule is CCc1cc(CC(N)C2CCC(C)(C)CC2)n(C)n1. The van der Waals surface area contributed by atoms with E-state index in [4.69, 9.17) is 5.73 Å². The quantitative estimate of drug-likeness (QED) is 0.907. The molecule has 1 saturated carbocycles. The van der Waals surface area contributed by atoms with E-state index < -0.39 is 0 Å². The Labute approximate surface area is 117 Å². The first-order chi connectivity index (χ1) is 8.91. The molecule has 0 aliphatic heterocycles. The van der Waals surface area contributed by atoms with Crippen molar-refractivity contribution in [3.8, 4) is 0 Å². The maximum absolute atomic E-state index is 6.45. The molecule has 1 aromatic rings. The van der Waals surface area contributed by atoms with Crippen molar-refractivity contribution in [1.29, 1.82) is 0 Å². The summed E-state index contributed by atoms with van der Waals surface area (Å²) in [4.78, 5) is 0. The molecule has 1 aliphatic rings. The van der Waals surface area contributed by atoms with E-state index in [9.17, 15) is 0 Å². The van der Waals surface area contributed by atoms with Gasteiger partial charge in [0.2, 0.25) is 0 Å². The van der Waals surface area contributed by atoms with Gasteiger partial charge in [-0.25, -0.2) is 0 Å². The third kappa shape index (κ3) is 3.59. The largest absolute Gasteiger partial charge is 0.327 e. The lowest BCUT2D eigenvalue weighted by atomic mass is 9.71. The molecule has 1 fully saturated rings. The monoisotopic (exact) mass is 263 g/mol. The maximum atomic E-state index is 6.45. The minimum absolute atomic E-state index is 0.288. The Hall–Kier alpha value is -0.830. The van der Waals surface area contributed by atoms with Crippen LogP contribution >= 0.6 is 0 Å². The number of nitrogens with two attached hydrogens (primary N) is 1. The molecule has 2 rings (SSSR count). The molecular formula is C16H29N3. The van der Waals surface area contributed by atoms with Crippen LogP contribution in [0.1, 0.15) is 57.8 Å². The molecule has 108 valence electrons. The lowest BCUT2D eigenvalue weighted by molar-refractivity contribution is 0.172. The van der Waals surface area contributed by atoms with E-state index in [0.717, 1.165) is 12.8 Å². The van der Waals surface area contributed by atoms with Crippen molar-refractivity contribution in [1.82, 2.24) is 9.78 Å². The second-order valence-corrected chi connectivity index (χ2v) is 6.97. The molecule has 0 bridgehead atoms. The summed E-state index contributed by atoms with van der Waals surface area (Å²) in [5.41, 5.74) is 9.44. The Morgan fingerprint density at radius 1 is 1.42 bits per heavy atom. The van der Waals surface area contributed by atoms with Crippen LogP contribution in [0.3, 0.4) is 0 Å². The van der Waals surface area contributed by atoms with Crippen LogP contribution in [0.5, 0.6) is 0 Å². The number of rotatable bonds is 4. The Bertz CT molecular complexity index is 410. The van der Waals surface area contributed by atoms with Crippen molar-refractivity contribution in [2.75, 3.05) is 0 Å². The van der Waals surface area contributed by atoms with Crippen LogP contribution in [0, 0.1) is 11.3 Å². The molecule has 3 heteroatoms. The van der Waals surface area contributed by atoms with Crippen molar-refractivity contribution < 1.29 is 0 Å². The summed E-state index contributed by atoms with van der Waals surface area (Å²) in [6.07, 6.45) is 7.17. The molecule has 1 aromatic heterocycles. The predicted molar refractivity (Wildman–Crippen MR) is 80.0 cm³/mol. The van der Waals surface area contributed by atoms with Crippen LogP contribution in [0.4, 0.5) is 0 Å². The lowest BCUT2D eigenvalue weighted by Crippen LogP contribution is -2.36. The highest BCUT2D eigenvalue weighted by atomic mass is 15.3. The van der Waals surface area contributed by atoms with Gasteiger partial charge < -0.3 is 5.73 Å². The Kier molecular flexibility index (Phi) is 4.34. The molecule has 1 aliphatic carbocycles. The zero-order valence-electron chi connectivity index (χ0n) is 12.9. The lowest BCUT2D eigenvalue weighted by Gasteiger charge is -2.36. The van der Waals surface area contributed by atoms with E-state index in [2.05, 4.69) is 31.9 Å². The van der Waals surface area contributed by atoms with Crippen LogP contribution in [-0.2, 0) is 19.9 Å². The summed E-state index contributed by atoms with van der Waals surface area (Å²) in [6, 6.07) is 2.50. The van der Waals surface area contributed by atoms with Crippen molar-refractivity contribution in [3.63, 3.8) is 0 Å². The summed E-state index contributed by atoms with van der Waals surface area (Å²) in [7, 11) is 2.03. The van der Waals surface area contributed by atoms with Gasteiger partial charge in [0.25, 0.3) is 0 Å². The van der Waals surface area contributed by atoms with Gasteiger partial charge in [0.05, 0.1) is 5.69 Å². The van der Waals surface area contributed by atoms with Crippen LogP contribution in [-0.4, -0.2) is 15.8 Å². The molecular weight excluding hydrogens is 234 g/mol. The molecule has 1 heterocycles. The molecule has 0 spiro atoms. The van der Waals surface area contributed by atoms with Crippen molar-refractivity contribution >= 4 is 0 Å². The Morgan fingerprint density at radius 2 is 2.05 bits per heavy atom. The first-order valence-corrected chi connectivity index (χ1v) is 7.68. The number of hydrogen-bond acceptors (Lipinski definition) is 2. The highest BCUT2D eigenvalue weighted by Crippen LogP contribution is 2.39. The standard InChI is InChI=1S/C16H29N3/c1-5-13-10-14(19(4)18-13)11-15(17)12-6-8-16(2,3)9-7-12/h10,12,15H,5-9,11,17H2,1-4H3. The maximum Gasteiger partial charge on any atom is 0.0624 e. The highest BCUT2D eigenvalue weighted by Gasteiger charge is 2.30. The predicted octanol–water partition coefficient (Wildman–Crippen LogP) is 3.07. The second-order valence-electron chi connectivity index (χ2n) is 6.97. The third-order valence-electron chi connectivity index (χ3n) is 4.82. The van der Waals surface area contributed by atoms with E-state index >= 15 is 0 Å². The first-order valence-electron chi connectivity index (χ1n) is 7.68. The molecule has 0 saturated heterocycles. The summed E-state index contributed by atoms with van der Waals surface area (Å²) in [5.74, 6) is 0.688. The Morgan fingerprint density at radius 3 is 2.58 bits per heavy atom. The van der Waals surface area contributed by atoms with Crippen LogP contribution in [0.25, 0.3) is 0 Å². The van der Waals surface area contributed by atoms with Gasteiger partial charge in [0, 0.05) is 25.2 Å². The summed E-state index contributed by atoms with van der Waals surface area (Å²) < 4.78 is 2.01. The third-order valence-corrected chi connectivity index (χ3v) is 4.82. The van der Waals surface area contributed by atoms with E-state index in [1.165, 1.54) is 37.1 Å². The molecule has 0 aromatic carbocycles. The normalized spacial score (nSPS) is 21.5. The average molecular weight is 263 g/mol. The molecule has 1 unspecified atom stereocenters. The topological polar surface area (TPSA) is 43.8 Å². The summed E-state index contributed by atoms with van der Waals surface area (Å²) >= 11 is 0. The molecule has 19 heavy (non-hydrogen) atoms. The fraction of sp³-hybridized carbons (Fsp3) is 0.812. The molecule has 1 atom stereocenters. The van der Waals surface area contributed by atoms with E-state index in [1.54, 1.807) is 0 Å². The van der Waals surface area contributed by atoms with Gasteiger partial charge in [-0.1, -0.05) is 20.8 Å². The van der Waals surface area contributed by atoms with Gasteiger partial charge in [-0.2, -0.15) is 5.10 Å². The van der Waals surface area contributed by atoms with Crippen molar-refractivity contribution in [2.24, 2.45) is 24.1 Å². The minimum Gasteiger partial charge on any atom is -0.327 e.